The van der Waals surface area contributed by atoms with Crippen molar-refractivity contribution in [3.8, 4) is 11.5 Å². The lowest BCUT2D eigenvalue weighted by Crippen LogP contribution is -2.26. The molecule has 0 saturated carbocycles. The minimum Gasteiger partial charge on any atom is -0.493 e. The molecule has 0 unspecified atom stereocenters. The van der Waals surface area contributed by atoms with Crippen molar-refractivity contribution in [3.05, 3.63) is 93.0 Å². The van der Waals surface area contributed by atoms with E-state index in [1.54, 1.807) is 24.3 Å². The van der Waals surface area contributed by atoms with E-state index in [0.717, 1.165) is 59.6 Å². The molecule has 2 aliphatic heterocycles. The molecule has 1 fully saturated rings. The first-order valence-electron chi connectivity index (χ1n) is 12.7. The fraction of sp³-hybridized carbons (Fsp3) is 0.300. The van der Waals surface area contributed by atoms with Crippen LogP contribution in [0.2, 0.25) is 10.0 Å². The summed E-state index contributed by atoms with van der Waals surface area (Å²) in [5, 5.41) is 10.6. The number of benzene rings is 3. The average molecular weight is 556 g/mol. The molecule has 0 aromatic heterocycles. The molecule has 0 spiro atoms. The summed E-state index contributed by atoms with van der Waals surface area (Å²) in [4.78, 5) is 13.9. The number of nitrogens with zero attached hydrogens (tertiary/aromatic N) is 1. The van der Waals surface area contributed by atoms with Gasteiger partial charge in [0.15, 0.2) is 0 Å². The summed E-state index contributed by atoms with van der Waals surface area (Å²) in [6, 6.07) is 18.3. The van der Waals surface area contributed by atoms with E-state index >= 15 is 0 Å². The number of halogens is 3. The number of likely N-dealkylation sites (tertiary alicyclic amines) is 1. The highest BCUT2D eigenvalue weighted by molar-refractivity contribution is 6.36. The van der Waals surface area contributed by atoms with Crippen LogP contribution in [-0.4, -0.2) is 55.0 Å². The third-order valence-corrected chi connectivity index (χ3v) is 7.48. The summed E-state index contributed by atoms with van der Waals surface area (Å²) in [5.41, 5.74) is 4.57. The summed E-state index contributed by atoms with van der Waals surface area (Å²) < 4.78 is 25.0. The maximum atomic E-state index is 12.6. The first-order chi connectivity index (χ1) is 18.4. The highest BCUT2D eigenvalue weighted by Gasteiger charge is 2.26. The SMILES string of the molecule is O=C(O)c1ccc2c(c1)OCCC(c1ccc(Cl)cc1Cl)=C2c1cccc(O[C@@H]2CCN(CCCF)C2)c1. The number of hydrogen-bond acceptors (Lipinski definition) is 4. The highest BCUT2D eigenvalue weighted by atomic mass is 35.5. The Labute approximate surface area is 231 Å². The van der Waals surface area contributed by atoms with Crippen LogP contribution in [0.4, 0.5) is 4.39 Å². The third-order valence-electron chi connectivity index (χ3n) is 6.93. The number of ether oxygens (including phenoxy) is 2. The molecule has 3 aromatic carbocycles. The highest BCUT2D eigenvalue weighted by Crippen LogP contribution is 2.44. The Morgan fingerprint density at radius 1 is 1.11 bits per heavy atom. The number of carbonyl (C=O) groups is 1. The van der Waals surface area contributed by atoms with Gasteiger partial charge in [-0.3, -0.25) is 9.29 Å². The van der Waals surface area contributed by atoms with Crippen LogP contribution in [0.25, 0.3) is 11.1 Å². The Balaban J connectivity index is 1.57. The van der Waals surface area contributed by atoms with Crippen LogP contribution in [-0.2, 0) is 0 Å². The van der Waals surface area contributed by atoms with E-state index in [2.05, 4.69) is 4.90 Å². The number of hydrogen-bond donors (Lipinski definition) is 1. The van der Waals surface area contributed by atoms with Crippen LogP contribution in [0.1, 0.15) is 46.3 Å². The summed E-state index contributed by atoms with van der Waals surface area (Å²) >= 11 is 12.9. The summed E-state index contributed by atoms with van der Waals surface area (Å²) in [5.74, 6) is 0.230. The van der Waals surface area contributed by atoms with Crippen LogP contribution in [0.15, 0.2) is 60.7 Å². The molecule has 0 aliphatic carbocycles. The number of aromatic carboxylic acids is 1. The zero-order valence-corrected chi connectivity index (χ0v) is 22.3. The van der Waals surface area contributed by atoms with Gasteiger partial charge in [0.2, 0.25) is 0 Å². The van der Waals surface area contributed by atoms with Gasteiger partial charge >= 0.3 is 5.97 Å². The Hall–Kier alpha value is -3.06. The molecule has 2 aliphatic rings. The molecule has 1 N–H and O–H groups in total. The van der Waals surface area contributed by atoms with Crippen molar-refractivity contribution in [2.45, 2.75) is 25.4 Å². The molecule has 2 heterocycles. The number of carboxylic acid groups (broad SMARTS) is 1. The molecular formula is C30H28Cl2FNO4. The second kappa shape index (κ2) is 11.8. The monoisotopic (exact) mass is 555 g/mol. The standard InChI is InChI=1S/C30H28Cl2FNO4/c31-21-6-8-24(27(32)17-21)25-10-14-37-28-16-20(30(35)36)5-7-26(28)29(25)19-3-1-4-22(15-19)38-23-9-13-34(18-23)12-2-11-33/h1,3-8,15-17,23H,2,9-14,18H2,(H,35,36)/t23-/m1/s1. The molecule has 0 amide bonds. The van der Waals surface area contributed by atoms with E-state index < -0.39 is 5.97 Å². The van der Waals surface area contributed by atoms with Gasteiger partial charge in [0.25, 0.3) is 0 Å². The number of fused-ring (bicyclic) bond motifs is 1. The predicted octanol–water partition coefficient (Wildman–Crippen LogP) is 7.25. The molecule has 5 rings (SSSR count). The van der Waals surface area contributed by atoms with E-state index in [9.17, 15) is 14.3 Å². The van der Waals surface area contributed by atoms with Crippen LogP contribution < -0.4 is 9.47 Å². The second-order valence-corrected chi connectivity index (χ2v) is 10.3. The molecule has 0 radical (unpaired) electrons. The smallest absolute Gasteiger partial charge is 0.335 e. The van der Waals surface area contributed by atoms with Crippen molar-refractivity contribution < 1.29 is 23.8 Å². The first kappa shape index (κ1) is 26.5. The Morgan fingerprint density at radius 2 is 1.95 bits per heavy atom. The molecule has 5 nitrogen and oxygen atoms in total. The van der Waals surface area contributed by atoms with Crippen LogP contribution in [0.5, 0.6) is 11.5 Å². The molecule has 3 aromatic rings. The maximum absolute atomic E-state index is 12.6. The van der Waals surface area contributed by atoms with Crippen molar-refractivity contribution >= 4 is 40.3 Å². The maximum Gasteiger partial charge on any atom is 0.335 e. The van der Waals surface area contributed by atoms with Gasteiger partial charge in [-0.2, -0.15) is 0 Å². The fourth-order valence-electron chi connectivity index (χ4n) is 5.16. The van der Waals surface area contributed by atoms with Crippen molar-refractivity contribution in [1.82, 2.24) is 4.90 Å². The quantitative estimate of drug-likeness (QED) is 0.317. The van der Waals surface area contributed by atoms with Crippen molar-refractivity contribution in [1.29, 1.82) is 0 Å². The summed E-state index contributed by atoms with van der Waals surface area (Å²) in [6.07, 6.45) is 2.02. The lowest BCUT2D eigenvalue weighted by atomic mass is 9.87. The average Bonchev–Trinajstić information content (AvgIpc) is 3.25. The van der Waals surface area contributed by atoms with E-state index in [4.69, 9.17) is 32.7 Å². The first-order valence-corrected chi connectivity index (χ1v) is 13.4. The van der Waals surface area contributed by atoms with Crippen LogP contribution in [0, 0.1) is 0 Å². The minimum atomic E-state index is -1.01. The fourth-order valence-corrected chi connectivity index (χ4v) is 5.68. The number of rotatable bonds is 8. The van der Waals surface area contributed by atoms with Crippen LogP contribution >= 0.6 is 23.2 Å². The number of carboxylic acids is 1. The van der Waals surface area contributed by atoms with Gasteiger partial charge in [-0.05, 0) is 77.6 Å². The van der Waals surface area contributed by atoms with Gasteiger partial charge in [-0.25, -0.2) is 4.79 Å². The molecule has 8 heteroatoms. The number of alkyl halides is 1. The molecule has 1 atom stereocenters. The van der Waals surface area contributed by atoms with E-state index in [1.165, 1.54) is 0 Å². The third kappa shape index (κ3) is 5.83. The lowest BCUT2D eigenvalue weighted by Gasteiger charge is -2.19. The Kier molecular flexibility index (Phi) is 8.22. The van der Waals surface area contributed by atoms with Gasteiger partial charge in [-0.15, -0.1) is 0 Å². The largest absolute Gasteiger partial charge is 0.493 e. The molecular weight excluding hydrogens is 528 g/mol. The van der Waals surface area contributed by atoms with Gasteiger partial charge in [0.05, 0.1) is 18.8 Å². The van der Waals surface area contributed by atoms with Gasteiger partial charge in [0.1, 0.15) is 17.6 Å². The van der Waals surface area contributed by atoms with E-state index in [0.29, 0.717) is 35.2 Å². The van der Waals surface area contributed by atoms with E-state index in [-0.39, 0.29) is 18.3 Å². The molecule has 0 bridgehead atoms. The lowest BCUT2D eigenvalue weighted by molar-refractivity contribution is 0.0696. The molecule has 38 heavy (non-hydrogen) atoms. The van der Waals surface area contributed by atoms with Crippen LogP contribution in [0.3, 0.4) is 0 Å². The molecule has 1 saturated heterocycles. The zero-order chi connectivity index (χ0) is 26.6. The normalized spacial score (nSPS) is 17.6. The minimum absolute atomic E-state index is 0.0342. The van der Waals surface area contributed by atoms with Gasteiger partial charge in [0, 0.05) is 41.7 Å². The van der Waals surface area contributed by atoms with Gasteiger partial charge in [-0.1, -0.05) is 41.4 Å². The topological polar surface area (TPSA) is 59.0 Å². The summed E-state index contributed by atoms with van der Waals surface area (Å²) in [6.45, 7) is 2.46. The molecule has 198 valence electrons. The van der Waals surface area contributed by atoms with E-state index in [1.807, 2.05) is 36.4 Å². The summed E-state index contributed by atoms with van der Waals surface area (Å²) in [7, 11) is 0. The Morgan fingerprint density at radius 3 is 2.74 bits per heavy atom. The Bertz CT molecular complexity index is 1380. The predicted molar refractivity (Wildman–Crippen MR) is 148 cm³/mol. The van der Waals surface area contributed by atoms with Crippen molar-refractivity contribution in [3.63, 3.8) is 0 Å². The van der Waals surface area contributed by atoms with Gasteiger partial charge < -0.3 is 14.6 Å². The van der Waals surface area contributed by atoms with Crippen molar-refractivity contribution in [2.75, 3.05) is 32.9 Å². The second-order valence-electron chi connectivity index (χ2n) is 9.49. The zero-order valence-electron chi connectivity index (χ0n) is 20.8. The van der Waals surface area contributed by atoms with Crippen molar-refractivity contribution in [2.24, 2.45) is 0 Å².